The van der Waals surface area contributed by atoms with Gasteiger partial charge in [0.15, 0.2) is 0 Å². The smallest absolute Gasteiger partial charge is 0.123 e. The monoisotopic (exact) mass is 658 g/mol. The van der Waals surface area contributed by atoms with Crippen molar-refractivity contribution in [3.63, 3.8) is 0 Å². The summed E-state index contributed by atoms with van der Waals surface area (Å²) in [7, 11) is 0. The minimum atomic E-state index is -0.341. The Balaban J connectivity index is 1.31. The summed E-state index contributed by atoms with van der Waals surface area (Å²) in [5.41, 5.74) is 4.70. The molecule has 9 aromatic rings. The molecule has 0 radical (unpaired) electrons. The second-order valence-corrected chi connectivity index (χ2v) is 12.3. The third-order valence-electron chi connectivity index (χ3n) is 9.44. The molecule has 0 aromatic heterocycles. The Morgan fingerprint density at radius 2 is 0.520 bits per heavy atom. The zero-order valence-corrected chi connectivity index (χ0v) is 26.4. The lowest BCUT2D eigenvalue weighted by Crippen LogP contribution is -2.11. The van der Waals surface area contributed by atoms with E-state index < -0.39 is 0 Å². The average molecular weight is 659 g/mol. The molecule has 0 heterocycles. The van der Waals surface area contributed by atoms with E-state index in [4.69, 9.17) is 0 Å². The summed E-state index contributed by atoms with van der Waals surface area (Å²) in [5, 5.41) is 8.34. The predicted molar refractivity (Wildman–Crippen MR) is 197 cm³/mol. The molecule has 0 N–H and O–H groups in total. The minimum Gasteiger partial charge on any atom is -0.310 e. The SMILES string of the molecule is Fc1ccc(N(c2ccc(F)cc2)c2ccc3c4ccc(N(c5ccc(F)cc5)c5ccc(F)cc5)c5cccc(c6cccc2c63)c54)cc1. The molecule has 2 nitrogen and oxygen atoms in total. The van der Waals surface area contributed by atoms with Crippen LogP contribution in [0.15, 0.2) is 158 Å². The Bertz CT molecular complexity index is 2370. The van der Waals surface area contributed by atoms with E-state index >= 15 is 0 Å². The summed E-state index contributed by atoms with van der Waals surface area (Å²) in [5.74, 6) is -1.37. The number of rotatable bonds is 6. The molecule has 0 bridgehead atoms. The summed E-state index contributed by atoms with van der Waals surface area (Å²) in [6, 6.07) is 46.0. The Labute approximate surface area is 285 Å². The third-order valence-corrected chi connectivity index (χ3v) is 9.44. The molecular formula is C44H26F4N2. The van der Waals surface area contributed by atoms with Crippen molar-refractivity contribution in [2.24, 2.45) is 0 Å². The zero-order chi connectivity index (χ0) is 33.9. The van der Waals surface area contributed by atoms with Crippen LogP contribution >= 0.6 is 0 Å². The van der Waals surface area contributed by atoms with Crippen molar-refractivity contribution in [1.29, 1.82) is 0 Å². The fraction of sp³-hybridized carbons (Fsp3) is 0. The molecule has 0 saturated heterocycles. The van der Waals surface area contributed by atoms with Crippen LogP contribution in [0.4, 0.5) is 51.7 Å². The topological polar surface area (TPSA) is 6.48 Å². The Hall–Kier alpha value is -6.40. The van der Waals surface area contributed by atoms with Gasteiger partial charge in [0.2, 0.25) is 0 Å². The first-order valence-corrected chi connectivity index (χ1v) is 16.2. The van der Waals surface area contributed by atoms with E-state index in [-0.39, 0.29) is 23.3 Å². The number of hydrogen-bond acceptors (Lipinski definition) is 2. The zero-order valence-electron chi connectivity index (χ0n) is 26.4. The first-order chi connectivity index (χ1) is 24.4. The van der Waals surface area contributed by atoms with Crippen molar-refractivity contribution in [3.05, 3.63) is 181 Å². The maximum absolute atomic E-state index is 14.1. The normalized spacial score (nSPS) is 11.6. The van der Waals surface area contributed by atoms with Crippen LogP contribution < -0.4 is 9.80 Å². The number of nitrogens with zero attached hydrogens (tertiary/aromatic N) is 2. The van der Waals surface area contributed by atoms with Crippen LogP contribution in [0.25, 0.3) is 43.1 Å². The molecule has 0 aliphatic rings. The van der Waals surface area contributed by atoms with Gasteiger partial charge in [-0.25, -0.2) is 17.6 Å². The molecule has 6 heteroatoms. The average Bonchev–Trinajstić information content (AvgIpc) is 3.14. The summed E-state index contributed by atoms with van der Waals surface area (Å²) < 4.78 is 56.3. The summed E-state index contributed by atoms with van der Waals surface area (Å²) in [6.45, 7) is 0. The van der Waals surface area contributed by atoms with Crippen molar-refractivity contribution >= 4 is 77.2 Å². The van der Waals surface area contributed by atoms with Gasteiger partial charge in [0.1, 0.15) is 23.3 Å². The van der Waals surface area contributed by atoms with E-state index in [0.29, 0.717) is 0 Å². The van der Waals surface area contributed by atoms with Crippen LogP contribution in [0.3, 0.4) is 0 Å². The third kappa shape index (κ3) is 4.79. The van der Waals surface area contributed by atoms with Crippen molar-refractivity contribution in [3.8, 4) is 0 Å². The highest BCUT2D eigenvalue weighted by molar-refractivity contribution is 6.35. The van der Waals surface area contributed by atoms with Crippen LogP contribution in [-0.4, -0.2) is 0 Å². The van der Waals surface area contributed by atoms with Gasteiger partial charge in [-0.15, -0.1) is 0 Å². The van der Waals surface area contributed by atoms with Gasteiger partial charge in [0.05, 0.1) is 11.4 Å². The number of benzene rings is 9. The molecule has 0 amide bonds. The lowest BCUT2D eigenvalue weighted by Gasteiger charge is -2.29. The van der Waals surface area contributed by atoms with Crippen molar-refractivity contribution in [1.82, 2.24) is 0 Å². The van der Waals surface area contributed by atoms with E-state index in [1.165, 1.54) is 48.5 Å². The summed E-state index contributed by atoms with van der Waals surface area (Å²) in [6.07, 6.45) is 0. The quantitative estimate of drug-likeness (QED) is 0.0997. The highest BCUT2D eigenvalue weighted by atomic mass is 19.1. The molecule has 9 aromatic carbocycles. The van der Waals surface area contributed by atoms with Crippen molar-refractivity contribution in [2.45, 2.75) is 0 Å². The van der Waals surface area contributed by atoms with Gasteiger partial charge in [-0.05, 0) is 142 Å². The molecule has 240 valence electrons. The second-order valence-electron chi connectivity index (χ2n) is 12.3. The van der Waals surface area contributed by atoms with E-state index in [9.17, 15) is 17.6 Å². The molecule has 0 fully saturated rings. The molecule has 0 atom stereocenters. The molecular weight excluding hydrogens is 632 g/mol. The maximum atomic E-state index is 14.1. The summed E-state index contributed by atoms with van der Waals surface area (Å²) in [4.78, 5) is 4.04. The number of fused-ring (bicyclic) bond motifs is 2. The van der Waals surface area contributed by atoms with E-state index in [0.717, 1.165) is 77.2 Å². The number of hydrogen-bond donors (Lipinski definition) is 0. The Morgan fingerprint density at radius 1 is 0.260 bits per heavy atom. The highest BCUT2D eigenvalue weighted by Gasteiger charge is 2.22. The molecule has 50 heavy (non-hydrogen) atoms. The standard InChI is InChI=1S/C44H26F4N2/c45-27-7-15-31(16-8-27)49(32-17-9-28(46)10-18-32)41-25-23-37-38-24-26-42(40-6-2-4-36(44(38)40)35-3-1-5-39(41)43(35)37)50(33-19-11-29(47)12-20-33)34-21-13-30(48)14-22-34/h1-26H. The van der Waals surface area contributed by atoms with E-state index in [2.05, 4.69) is 48.5 Å². The van der Waals surface area contributed by atoms with Crippen LogP contribution in [-0.2, 0) is 0 Å². The highest BCUT2D eigenvalue weighted by Crippen LogP contribution is 2.48. The molecule has 0 unspecified atom stereocenters. The van der Waals surface area contributed by atoms with E-state index in [1.54, 1.807) is 48.5 Å². The van der Waals surface area contributed by atoms with Crippen molar-refractivity contribution in [2.75, 3.05) is 9.80 Å². The molecule has 0 saturated carbocycles. The molecule has 9 rings (SSSR count). The van der Waals surface area contributed by atoms with Gasteiger partial charge in [-0.3, -0.25) is 0 Å². The van der Waals surface area contributed by atoms with Gasteiger partial charge in [-0.1, -0.05) is 48.5 Å². The van der Waals surface area contributed by atoms with Gasteiger partial charge >= 0.3 is 0 Å². The lowest BCUT2D eigenvalue weighted by molar-refractivity contribution is 0.627. The van der Waals surface area contributed by atoms with Crippen LogP contribution in [0, 0.1) is 23.3 Å². The van der Waals surface area contributed by atoms with Crippen LogP contribution in [0.1, 0.15) is 0 Å². The van der Waals surface area contributed by atoms with Gasteiger partial charge in [0.25, 0.3) is 0 Å². The fourth-order valence-corrected chi connectivity index (χ4v) is 7.29. The van der Waals surface area contributed by atoms with Gasteiger partial charge in [0, 0.05) is 33.5 Å². The summed E-state index contributed by atoms with van der Waals surface area (Å²) >= 11 is 0. The Kier molecular flexibility index (Phi) is 6.92. The van der Waals surface area contributed by atoms with Gasteiger partial charge in [-0.2, -0.15) is 0 Å². The number of anilines is 6. The fourth-order valence-electron chi connectivity index (χ4n) is 7.29. The largest absolute Gasteiger partial charge is 0.310 e. The maximum Gasteiger partial charge on any atom is 0.123 e. The molecule has 0 spiro atoms. The predicted octanol–water partition coefficient (Wildman–Crippen LogP) is 13.2. The van der Waals surface area contributed by atoms with Crippen LogP contribution in [0.2, 0.25) is 0 Å². The number of halogens is 4. The van der Waals surface area contributed by atoms with Crippen molar-refractivity contribution < 1.29 is 17.6 Å². The van der Waals surface area contributed by atoms with Gasteiger partial charge < -0.3 is 9.80 Å². The van der Waals surface area contributed by atoms with E-state index in [1.807, 2.05) is 21.9 Å². The molecule has 0 aliphatic carbocycles. The minimum absolute atomic E-state index is 0.341. The Morgan fingerprint density at radius 3 is 0.820 bits per heavy atom. The first-order valence-electron chi connectivity index (χ1n) is 16.2. The lowest BCUT2D eigenvalue weighted by atomic mass is 9.88. The van der Waals surface area contributed by atoms with Crippen LogP contribution in [0.5, 0.6) is 0 Å². The second kappa shape index (κ2) is 11.6. The molecule has 0 aliphatic heterocycles. The first kappa shape index (κ1) is 29.7.